The maximum absolute atomic E-state index is 13.2. The molecule has 2 aromatic rings. The fourth-order valence-electron chi connectivity index (χ4n) is 7.20. The molecule has 2 aromatic carbocycles. The predicted octanol–water partition coefficient (Wildman–Crippen LogP) is 12.2. The van der Waals surface area contributed by atoms with E-state index in [1.54, 1.807) is 11.9 Å². The van der Waals surface area contributed by atoms with Crippen molar-refractivity contribution in [1.29, 1.82) is 0 Å². The van der Waals surface area contributed by atoms with Crippen LogP contribution in [0.3, 0.4) is 0 Å². The number of rotatable bonds is 38. The van der Waals surface area contributed by atoms with Gasteiger partial charge in [0.2, 0.25) is 0 Å². The zero-order valence-corrected chi connectivity index (χ0v) is 40.0. The Morgan fingerprint density at radius 1 is 0.639 bits per heavy atom. The van der Waals surface area contributed by atoms with Crippen molar-refractivity contribution in [3.05, 3.63) is 42.0 Å². The maximum atomic E-state index is 13.2. The van der Waals surface area contributed by atoms with Crippen LogP contribution in [0.2, 0.25) is 0 Å². The van der Waals surface area contributed by atoms with E-state index in [1.165, 1.54) is 103 Å². The summed E-state index contributed by atoms with van der Waals surface area (Å²) in [7, 11) is 3.09. The first-order chi connectivity index (χ1) is 29.2. The third-order valence-electron chi connectivity index (χ3n) is 11.1. The van der Waals surface area contributed by atoms with Crippen molar-refractivity contribution in [2.45, 2.75) is 174 Å². The molecule has 1 N–H and O–H groups in total. The number of ketones is 1. The zero-order valence-electron chi connectivity index (χ0n) is 39.1. The number of hydrogen-bond acceptors (Lipinski definition) is 9. The number of benzene rings is 2. The van der Waals surface area contributed by atoms with E-state index < -0.39 is 32.5 Å². The second-order valence-electron chi connectivity index (χ2n) is 18.0. The van der Waals surface area contributed by atoms with Crippen molar-refractivity contribution >= 4 is 42.0 Å². The molecule has 0 radical (unpaired) electrons. The molecule has 0 amide bonds. The molecular formula is C49H84N2O9P+. The van der Waals surface area contributed by atoms with Crippen LogP contribution in [-0.4, -0.2) is 94.3 Å². The highest BCUT2D eigenvalue weighted by Crippen LogP contribution is 2.43. The molecule has 0 spiro atoms. The number of carbonyl (C=O) groups excluding carboxylic acids is 3. The number of phosphoric acid groups is 1. The first kappa shape index (κ1) is 54.3. The quantitative estimate of drug-likeness (QED) is 0.0229. The standard InChI is InChI=1S/C49H83N2O9P/c1-7-9-11-13-15-17-18-19-20-22-24-26-28-30-48(53)57-40-46(41-59-61(55,56)58-36-35-51(4,5)6)60-49(54)39-50(3)45-34-33-42-37-44(32-31-43(42)38-45)47(52)29-27-25-23-21-16-14-12-10-8-2/h31-34,37-38,46H,7-30,35-36,39-41H2,1-6H3/p+1. The lowest BCUT2D eigenvalue weighted by Crippen LogP contribution is -2.37. The second-order valence-corrected chi connectivity index (χ2v) is 19.5. The van der Waals surface area contributed by atoms with Crippen LogP contribution < -0.4 is 4.90 Å². The number of fused-ring (bicyclic) bond motifs is 1. The molecule has 61 heavy (non-hydrogen) atoms. The third-order valence-corrected chi connectivity index (χ3v) is 12.1. The van der Waals surface area contributed by atoms with E-state index >= 15 is 0 Å². The largest absolute Gasteiger partial charge is 0.472 e. The fourth-order valence-corrected chi connectivity index (χ4v) is 7.94. The minimum Gasteiger partial charge on any atom is -0.462 e. The molecule has 0 saturated heterocycles. The Labute approximate surface area is 369 Å². The molecule has 11 nitrogen and oxygen atoms in total. The van der Waals surface area contributed by atoms with Gasteiger partial charge in [-0.05, 0) is 41.8 Å². The topological polar surface area (TPSA) is 129 Å². The van der Waals surface area contributed by atoms with Crippen molar-refractivity contribution in [2.75, 3.05) is 66.0 Å². The van der Waals surface area contributed by atoms with Crippen LogP contribution in [0.4, 0.5) is 5.69 Å². The Hall–Kier alpha value is -2.82. The van der Waals surface area contributed by atoms with Gasteiger partial charge in [-0.2, -0.15) is 0 Å². The van der Waals surface area contributed by atoms with Gasteiger partial charge in [-0.15, -0.1) is 0 Å². The lowest BCUT2D eigenvalue weighted by Gasteiger charge is -2.25. The van der Waals surface area contributed by atoms with E-state index in [1.807, 2.05) is 57.5 Å². The number of quaternary nitrogens is 1. The SMILES string of the molecule is CCCCCCCCCCCCCCCC(=O)OCC(COP(=O)(O)OCC[N+](C)(C)C)OC(=O)CN(C)c1ccc2cc(C(=O)CCCCCCCCCCC)ccc2c1. The Morgan fingerprint density at radius 3 is 1.67 bits per heavy atom. The molecule has 0 aromatic heterocycles. The number of phosphoric ester groups is 1. The van der Waals surface area contributed by atoms with Crippen molar-refractivity contribution in [2.24, 2.45) is 0 Å². The highest BCUT2D eigenvalue weighted by molar-refractivity contribution is 7.47. The summed E-state index contributed by atoms with van der Waals surface area (Å²) < 4.78 is 34.7. The molecule has 12 heteroatoms. The van der Waals surface area contributed by atoms with Crippen LogP contribution in [0, 0.1) is 0 Å². The molecule has 2 rings (SSSR count). The average molecular weight is 876 g/mol. The molecule has 0 bridgehead atoms. The average Bonchev–Trinajstić information content (AvgIpc) is 3.21. The van der Waals surface area contributed by atoms with Crippen LogP contribution in [0.1, 0.15) is 178 Å². The zero-order chi connectivity index (χ0) is 44.8. The lowest BCUT2D eigenvalue weighted by atomic mass is 10.00. The first-order valence-corrected chi connectivity index (χ1v) is 25.3. The summed E-state index contributed by atoms with van der Waals surface area (Å²) in [5.41, 5.74) is 1.47. The molecule has 0 heterocycles. The summed E-state index contributed by atoms with van der Waals surface area (Å²) in [6.45, 7) is 4.00. The van der Waals surface area contributed by atoms with Crippen molar-refractivity contribution in [1.82, 2.24) is 0 Å². The monoisotopic (exact) mass is 876 g/mol. The molecule has 0 fully saturated rings. The van der Waals surface area contributed by atoms with Crippen molar-refractivity contribution in [3.8, 4) is 0 Å². The van der Waals surface area contributed by atoms with Crippen LogP contribution in [0.5, 0.6) is 0 Å². The van der Waals surface area contributed by atoms with Gasteiger partial charge in [-0.1, -0.05) is 160 Å². The second kappa shape index (κ2) is 31.9. The molecule has 0 aliphatic carbocycles. The molecule has 2 unspecified atom stereocenters. The molecule has 348 valence electrons. The van der Waals surface area contributed by atoms with Gasteiger partial charge in [0.1, 0.15) is 26.3 Å². The summed E-state index contributed by atoms with van der Waals surface area (Å²) >= 11 is 0. The number of anilines is 1. The van der Waals surface area contributed by atoms with Crippen LogP contribution in [0.25, 0.3) is 10.8 Å². The summed E-state index contributed by atoms with van der Waals surface area (Å²) in [6.07, 6.45) is 26.2. The number of ether oxygens (including phenoxy) is 2. The van der Waals surface area contributed by atoms with E-state index in [2.05, 4.69) is 13.8 Å². The van der Waals surface area contributed by atoms with Crippen LogP contribution in [0.15, 0.2) is 36.4 Å². The van der Waals surface area contributed by atoms with E-state index in [0.717, 1.165) is 48.6 Å². The fraction of sp³-hybridized carbons (Fsp3) is 0.735. The normalized spacial score (nSPS) is 13.2. The van der Waals surface area contributed by atoms with E-state index in [-0.39, 0.29) is 32.0 Å². The van der Waals surface area contributed by atoms with Gasteiger partial charge in [-0.25, -0.2) is 4.57 Å². The number of Topliss-reactive ketones (excluding diaryl/α,β-unsaturated/α-hetero) is 1. The first-order valence-electron chi connectivity index (χ1n) is 23.8. The highest BCUT2D eigenvalue weighted by atomic mass is 31.2. The maximum Gasteiger partial charge on any atom is 0.472 e. The van der Waals surface area contributed by atoms with Gasteiger partial charge in [0.15, 0.2) is 11.9 Å². The van der Waals surface area contributed by atoms with E-state index in [9.17, 15) is 23.8 Å². The smallest absolute Gasteiger partial charge is 0.462 e. The number of unbranched alkanes of at least 4 members (excludes halogenated alkanes) is 20. The minimum atomic E-state index is -4.46. The lowest BCUT2D eigenvalue weighted by molar-refractivity contribution is -0.870. The number of hydrogen-bond donors (Lipinski definition) is 1. The van der Waals surface area contributed by atoms with Gasteiger partial charge in [0, 0.05) is 31.1 Å². The number of likely N-dealkylation sites (N-methyl/N-ethyl adjacent to an activating group) is 2. The van der Waals surface area contributed by atoms with Gasteiger partial charge >= 0.3 is 19.8 Å². The van der Waals surface area contributed by atoms with Crippen molar-refractivity contribution < 1.29 is 46.8 Å². The Kier molecular flexibility index (Phi) is 28.4. The summed E-state index contributed by atoms with van der Waals surface area (Å²) in [5, 5.41) is 1.87. The van der Waals surface area contributed by atoms with Gasteiger partial charge < -0.3 is 23.8 Å². The highest BCUT2D eigenvalue weighted by Gasteiger charge is 2.27. The molecule has 0 aliphatic rings. The minimum absolute atomic E-state index is 0.0105. The van der Waals surface area contributed by atoms with E-state index in [4.69, 9.17) is 18.5 Å². The Bertz CT molecular complexity index is 1560. The summed E-state index contributed by atoms with van der Waals surface area (Å²) in [5.74, 6) is -0.886. The molecule has 2 atom stereocenters. The Morgan fingerprint density at radius 2 is 1.13 bits per heavy atom. The van der Waals surface area contributed by atoms with Crippen molar-refractivity contribution in [3.63, 3.8) is 0 Å². The number of nitrogens with zero attached hydrogens (tertiary/aromatic N) is 2. The third kappa shape index (κ3) is 27.1. The molecular weight excluding hydrogens is 792 g/mol. The van der Waals surface area contributed by atoms with Crippen LogP contribution >= 0.6 is 7.82 Å². The predicted molar refractivity (Wildman–Crippen MR) is 249 cm³/mol. The number of esters is 2. The van der Waals surface area contributed by atoms with Crippen LogP contribution in [-0.2, 0) is 32.7 Å². The summed E-state index contributed by atoms with van der Waals surface area (Å²) in [6, 6.07) is 11.5. The molecule has 0 aliphatic heterocycles. The van der Waals surface area contributed by atoms with Gasteiger partial charge in [0.05, 0.1) is 27.7 Å². The van der Waals surface area contributed by atoms with E-state index in [0.29, 0.717) is 29.4 Å². The Balaban J connectivity index is 1.86. The van der Waals surface area contributed by atoms with Gasteiger partial charge in [0.25, 0.3) is 0 Å². The molecule has 0 saturated carbocycles. The van der Waals surface area contributed by atoms with Gasteiger partial charge in [-0.3, -0.25) is 23.4 Å². The summed E-state index contributed by atoms with van der Waals surface area (Å²) in [4.78, 5) is 50.9. The number of carbonyl (C=O) groups is 3.